The van der Waals surface area contributed by atoms with E-state index in [1.54, 1.807) is 0 Å². The fourth-order valence-electron chi connectivity index (χ4n) is 3.66. The van der Waals surface area contributed by atoms with E-state index in [0.29, 0.717) is 5.75 Å². The van der Waals surface area contributed by atoms with Gasteiger partial charge in [-0.1, -0.05) is 56.3 Å². The van der Waals surface area contributed by atoms with Gasteiger partial charge in [0.2, 0.25) is 0 Å². The lowest BCUT2D eigenvalue weighted by atomic mass is 9.68. The maximum atomic E-state index is 8.89. The van der Waals surface area contributed by atoms with E-state index in [-0.39, 0.29) is 5.41 Å². The third-order valence-corrected chi connectivity index (χ3v) is 4.72. The van der Waals surface area contributed by atoms with Crippen LogP contribution in [0.4, 0.5) is 0 Å². The van der Waals surface area contributed by atoms with Crippen molar-refractivity contribution in [1.82, 2.24) is 0 Å². The maximum absolute atomic E-state index is 8.89. The molecule has 0 atom stereocenters. The average Bonchev–Trinajstić information content (AvgIpc) is 2.53. The summed E-state index contributed by atoms with van der Waals surface area (Å²) in [5.41, 5.74) is 4.98. The Bertz CT molecular complexity index is 878. The summed E-state index contributed by atoms with van der Waals surface area (Å²) in [6.45, 7) is 4.52. The molecule has 0 aliphatic heterocycles. The molecule has 3 aromatic rings. The molecule has 3 heteroatoms. The normalized spacial score (nSPS) is 14.5. The monoisotopic (exact) mass is 287 g/mol. The van der Waals surface area contributed by atoms with Gasteiger partial charge in [-0.2, -0.15) is 0 Å². The molecular weight excluding hydrogens is 271 g/mol. The van der Waals surface area contributed by atoms with Crippen LogP contribution in [0.2, 0.25) is 0 Å². The molecule has 1 aliphatic rings. The smallest absolute Gasteiger partial charge is 0.537 e. The molecule has 0 aromatic heterocycles. The summed E-state index contributed by atoms with van der Waals surface area (Å²) in [4.78, 5) is 0. The second kappa shape index (κ2) is 4.62. The first kappa shape index (κ1) is 13.4. The molecule has 0 spiro atoms. The van der Waals surface area contributed by atoms with Crippen LogP contribution in [0.3, 0.4) is 0 Å². The van der Waals surface area contributed by atoms with Gasteiger partial charge >= 0.3 is 7.69 Å². The minimum absolute atomic E-state index is 0.0648. The van der Waals surface area contributed by atoms with Gasteiger partial charge in [-0.25, -0.2) is 0 Å². The summed E-state index contributed by atoms with van der Waals surface area (Å²) < 4.78 is 5.15. The summed E-state index contributed by atoms with van der Waals surface area (Å²) in [7, 11) is 0.726. The highest BCUT2D eigenvalue weighted by molar-refractivity contribution is 6.17. The first-order valence-corrected chi connectivity index (χ1v) is 7.42. The van der Waals surface area contributed by atoms with Crippen LogP contribution < -0.4 is 4.65 Å². The zero-order valence-corrected chi connectivity index (χ0v) is 12.6. The van der Waals surface area contributed by atoms with Crippen LogP contribution >= 0.6 is 0 Å². The Morgan fingerprint density at radius 3 is 2.45 bits per heavy atom. The van der Waals surface area contributed by atoms with Gasteiger partial charge in [0.1, 0.15) is 5.75 Å². The lowest BCUT2D eigenvalue weighted by Gasteiger charge is -2.35. The third-order valence-electron chi connectivity index (χ3n) is 4.72. The largest absolute Gasteiger partial charge is 0.569 e. The number of rotatable bonds is 2. The molecule has 0 heterocycles. The van der Waals surface area contributed by atoms with Gasteiger partial charge in [-0.15, -0.1) is 0 Å². The molecule has 0 unspecified atom stereocenters. The van der Waals surface area contributed by atoms with Crippen LogP contribution in [0, 0.1) is 0 Å². The summed E-state index contributed by atoms with van der Waals surface area (Å²) in [5, 5.41) is 11.5. The van der Waals surface area contributed by atoms with Crippen molar-refractivity contribution in [2.45, 2.75) is 19.3 Å². The van der Waals surface area contributed by atoms with Crippen molar-refractivity contribution < 1.29 is 9.68 Å². The van der Waals surface area contributed by atoms with Crippen molar-refractivity contribution in [3.63, 3.8) is 0 Å². The Balaban J connectivity index is 2.12. The van der Waals surface area contributed by atoms with E-state index < -0.39 is 0 Å². The Hall–Kier alpha value is -2.26. The van der Waals surface area contributed by atoms with E-state index in [0.717, 1.165) is 7.69 Å². The molecule has 0 bridgehead atoms. The van der Waals surface area contributed by atoms with E-state index in [1.165, 1.54) is 33.0 Å². The highest BCUT2D eigenvalue weighted by atomic mass is 16.5. The van der Waals surface area contributed by atoms with Crippen LogP contribution in [0.25, 0.3) is 21.9 Å². The fourth-order valence-corrected chi connectivity index (χ4v) is 3.66. The second-order valence-corrected chi connectivity index (χ2v) is 6.26. The molecule has 0 saturated carbocycles. The lowest BCUT2D eigenvalue weighted by molar-refractivity contribution is 0.453. The summed E-state index contributed by atoms with van der Waals surface area (Å²) >= 11 is 0. The third kappa shape index (κ3) is 1.72. The van der Waals surface area contributed by atoms with Crippen LogP contribution in [0.15, 0.2) is 54.6 Å². The van der Waals surface area contributed by atoms with Gasteiger partial charge < -0.3 is 9.68 Å². The maximum Gasteiger partial charge on any atom is 0.569 e. The van der Waals surface area contributed by atoms with Crippen molar-refractivity contribution in [3.8, 4) is 16.9 Å². The van der Waals surface area contributed by atoms with Gasteiger partial charge in [0.05, 0.1) is 0 Å². The molecule has 0 fully saturated rings. The second-order valence-electron chi connectivity index (χ2n) is 6.26. The van der Waals surface area contributed by atoms with Gasteiger partial charge in [-0.3, -0.25) is 0 Å². The van der Waals surface area contributed by atoms with Crippen molar-refractivity contribution in [1.29, 1.82) is 0 Å². The van der Waals surface area contributed by atoms with Gasteiger partial charge in [0, 0.05) is 5.41 Å². The van der Waals surface area contributed by atoms with Crippen LogP contribution in [-0.2, 0) is 5.41 Å². The van der Waals surface area contributed by atoms with E-state index in [2.05, 4.69) is 56.3 Å². The van der Waals surface area contributed by atoms with Crippen molar-refractivity contribution in [3.05, 3.63) is 65.7 Å². The van der Waals surface area contributed by atoms with E-state index in [9.17, 15) is 0 Å². The molecule has 4 rings (SSSR count). The molecule has 1 N–H and O–H groups in total. The molecule has 1 aliphatic carbocycles. The summed E-state index contributed by atoms with van der Waals surface area (Å²) in [6.07, 6.45) is 0. The molecule has 2 nitrogen and oxygen atoms in total. The predicted octanol–water partition coefficient (Wildman–Crippen LogP) is 4.05. The summed E-state index contributed by atoms with van der Waals surface area (Å²) in [5.74, 6) is 0.647. The molecule has 0 saturated heterocycles. The predicted molar refractivity (Wildman–Crippen MR) is 90.1 cm³/mol. The first-order valence-electron chi connectivity index (χ1n) is 7.42. The van der Waals surface area contributed by atoms with Crippen LogP contribution in [0.1, 0.15) is 25.0 Å². The average molecular weight is 287 g/mol. The Morgan fingerprint density at radius 1 is 0.909 bits per heavy atom. The fraction of sp³-hybridized carbons (Fsp3) is 0.158. The Labute approximate surface area is 130 Å². The number of hydrogen-bond donors (Lipinski definition) is 1. The minimum Gasteiger partial charge on any atom is -0.537 e. The standard InChI is InChI=1S/C19H16BO2/c1-19(2)16-10-9-13(22-20-21)11-15(16)14-7-3-5-12-6-4-8-17(19)18(12)14/h3-11,21H,1-2H3. The van der Waals surface area contributed by atoms with E-state index in [4.69, 9.17) is 9.68 Å². The molecule has 3 aromatic carbocycles. The SMILES string of the molecule is CC1(C)c2ccc(O[B]O)cc2-c2cccc3cccc1c23. The Kier molecular flexibility index (Phi) is 2.82. The molecule has 0 amide bonds. The number of benzene rings is 3. The summed E-state index contributed by atoms with van der Waals surface area (Å²) in [6, 6.07) is 18.9. The quantitative estimate of drug-likeness (QED) is 0.720. The highest BCUT2D eigenvalue weighted by Gasteiger charge is 2.33. The number of hydrogen-bond acceptors (Lipinski definition) is 2. The van der Waals surface area contributed by atoms with Crippen LogP contribution in [-0.4, -0.2) is 12.7 Å². The van der Waals surface area contributed by atoms with E-state index >= 15 is 0 Å². The van der Waals surface area contributed by atoms with Crippen LogP contribution in [0.5, 0.6) is 5.75 Å². The lowest BCUT2D eigenvalue weighted by Crippen LogP contribution is -2.23. The van der Waals surface area contributed by atoms with Crippen molar-refractivity contribution in [2.75, 3.05) is 0 Å². The zero-order chi connectivity index (χ0) is 15.3. The Morgan fingerprint density at radius 2 is 1.68 bits per heavy atom. The van der Waals surface area contributed by atoms with Gasteiger partial charge in [-0.05, 0) is 45.2 Å². The van der Waals surface area contributed by atoms with Crippen molar-refractivity contribution >= 4 is 18.5 Å². The van der Waals surface area contributed by atoms with E-state index in [1.807, 2.05) is 12.1 Å². The molecule has 22 heavy (non-hydrogen) atoms. The topological polar surface area (TPSA) is 29.5 Å². The number of fused-ring (bicyclic) bond motifs is 2. The molecule has 107 valence electrons. The van der Waals surface area contributed by atoms with Gasteiger partial charge in [0.15, 0.2) is 0 Å². The van der Waals surface area contributed by atoms with Gasteiger partial charge in [0.25, 0.3) is 0 Å². The van der Waals surface area contributed by atoms with Crippen molar-refractivity contribution in [2.24, 2.45) is 0 Å². The minimum atomic E-state index is -0.0648. The zero-order valence-electron chi connectivity index (χ0n) is 12.6. The molecular formula is C19H16BO2. The first-order chi connectivity index (χ1) is 10.6. The highest BCUT2D eigenvalue weighted by Crippen LogP contribution is 2.49. The molecule has 1 radical (unpaired) electrons.